The quantitative estimate of drug-likeness (QED) is 0.802. The highest BCUT2D eigenvalue weighted by Crippen LogP contribution is 2.31. The molecule has 0 amide bonds. The molecule has 0 unspecified atom stereocenters. The number of hydrogen-bond acceptors (Lipinski definition) is 5. The largest absolute Gasteiger partial charge is 0.435 e. The van der Waals surface area contributed by atoms with Crippen molar-refractivity contribution in [1.29, 1.82) is 0 Å². The number of halogens is 1. The third-order valence-corrected chi connectivity index (χ3v) is 3.24. The molecule has 0 aliphatic carbocycles. The molecule has 0 aliphatic rings. The number of nitrogens with zero attached hydrogens (tertiary/aromatic N) is 3. The van der Waals surface area contributed by atoms with Crippen LogP contribution in [0.1, 0.15) is 5.69 Å². The van der Waals surface area contributed by atoms with Crippen LogP contribution < -0.4 is 10.1 Å². The van der Waals surface area contributed by atoms with Gasteiger partial charge in [0.2, 0.25) is 5.88 Å². The van der Waals surface area contributed by atoms with Gasteiger partial charge in [0, 0.05) is 24.3 Å². The summed E-state index contributed by atoms with van der Waals surface area (Å²) < 4.78 is 5.81. The standard InChI is InChI=1S/C15H13ClN4O/c1-17-7-10-8-18-9-14(20-10)21-13-5-4-12(16)11-3-2-6-19-15(11)13/h2-6,8-9,17H,7H2,1H3. The molecule has 0 atom stereocenters. The van der Waals surface area contributed by atoms with Crippen molar-refractivity contribution in [3.05, 3.63) is 53.6 Å². The Morgan fingerprint density at radius 2 is 2.14 bits per heavy atom. The maximum atomic E-state index is 6.17. The lowest BCUT2D eigenvalue weighted by Crippen LogP contribution is -2.07. The number of pyridine rings is 1. The Hall–Kier alpha value is -2.24. The Balaban J connectivity index is 1.98. The van der Waals surface area contributed by atoms with Gasteiger partial charge < -0.3 is 10.1 Å². The van der Waals surface area contributed by atoms with Gasteiger partial charge in [-0.1, -0.05) is 11.6 Å². The van der Waals surface area contributed by atoms with E-state index in [2.05, 4.69) is 20.3 Å². The Morgan fingerprint density at radius 1 is 1.24 bits per heavy atom. The lowest BCUT2D eigenvalue weighted by atomic mass is 10.2. The molecule has 1 N–H and O–H groups in total. The van der Waals surface area contributed by atoms with Crippen LogP contribution in [0.2, 0.25) is 5.02 Å². The fourth-order valence-corrected chi connectivity index (χ4v) is 2.22. The number of fused-ring (bicyclic) bond motifs is 1. The van der Waals surface area contributed by atoms with Crippen LogP contribution >= 0.6 is 11.6 Å². The monoisotopic (exact) mass is 300 g/mol. The first kappa shape index (κ1) is 13.7. The second kappa shape index (κ2) is 6.03. The molecule has 2 aromatic heterocycles. The first-order valence-electron chi connectivity index (χ1n) is 6.44. The Kier molecular flexibility index (Phi) is 3.94. The number of rotatable bonds is 4. The van der Waals surface area contributed by atoms with Crippen LogP contribution in [-0.2, 0) is 6.54 Å². The fourth-order valence-electron chi connectivity index (χ4n) is 2.01. The molecule has 2 heterocycles. The van der Waals surface area contributed by atoms with Crippen LogP contribution in [0, 0.1) is 0 Å². The van der Waals surface area contributed by atoms with E-state index in [1.54, 1.807) is 30.7 Å². The van der Waals surface area contributed by atoms with Crippen molar-refractivity contribution in [1.82, 2.24) is 20.3 Å². The summed E-state index contributed by atoms with van der Waals surface area (Å²) in [5.74, 6) is 1.03. The molecule has 5 nitrogen and oxygen atoms in total. The van der Waals surface area contributed by atoms with Crippen LogP contribution in [-0.4, -0.2) is 22.0 Å². The SMILES string of the molecule is CNCc1cncc(Oc2ccc(Cl)c3cccnc23)n1. The highest BCUT2D eigenvalue weighted by molar-refractivity contribution is 6.35. The summed E-state index contributed by atoms with van der Waals surface area (Å²) in [4.78, 5) is 12.8. The van der Waals surface area contributed by atoms with Crippen LogP contribution in [0.15, 0.2) is 42.9 Å². The van der Waals surface area contributed by atoms with Gasteiger partial charge in [0.1, 0.15) is 5.52 Å². The van der Waals surface area contributed by atoms with Gasteiger partial charge in [0.05, 0.1) is 16.9 Å². The van der Waals surface area contributed by atoms with E-state index in [4.69, 9.17) is 16.3 Å². The molecule has 1 aromatic carbocycles. The van der Waals surface area contributed by atoms with Crippen molar-refractivity contribution in [3.63, 3.8) is 0 Å². The minimum absolute atomic E-state index is 0.428. The van der Waals surface area contributed by atoms with Crippen LogP contribution in [0.25, 0.3) is 10.9 Å². The van der Waals surface area contributed by atoms with Gasteiger partial charge in [-0.15, -0.1) is 0 Å². The molecule has 0 radical (unpaired) electrons. The van der Waals surface area contributed by atoms with Crippen molar-refractivity contribution in [2.45, 2.75) is 6.54 Å². The molecule has 0 fully saturated rings. The Labute approximate surface area is 127 Å². The highest BCUT2D eigenvalue weighted by atomic mass is 35.5. The molecule has 0 aliphatic heterocycles. The normalized spacial score (nSPS) is 10.8. The van der Waals surface area contributed by atoms with Crippen molar-refractivity contribution < 1.29 is 4.74 Å². The maximum Gasteiger partial charge on any atom is 0.238 e. The Morgan fingerprint density at radius 3 is 3.00 bits per heavy atom. The van der Waals surface area contributed by atoms with E-state index >= 15 is 0 Å². The second-order valence-electron chi connectivity index (χ2n) is 4.43. The topological polar surface area (TPSA) is 59.9 Å². The van der Waals surface area contributed by atoms with Crippen molar-refractivity contribution in [2.75, 3.05) is 7.05 Å². The molecule has 0 saturated heterocycles. The zero-order chi connectivity index (χ0) is 14.7. The van der Waals surface area contributed by atoms with Gasteiger partial charge >= 0.3 is 0 Å². The average Bonchev–Trinajstić information content (AvgIpc) is 2.51. The van der Waals surface area contributed by atoms with E-state index in [0.717, 1.165) is 11.1 Å². The van der Waals surface area contributed by atoms with Gasteiger partial charge in [-0.25, -0.2) is 4.98 Å². The first-order chi connectivity index (χ1) is 10.3. The molecule has 106 valence electrons. The number of aromatic nitrogens is 3. The molecule has 6 heteroatoms. The van der Waals surface area contributed by atoms with E-state index in [-0.39, 0.29) is 0 Å². The summed E-state index contributed by atoms with van der Waals surface area (Å²) >= 11 is 6.17. The van der Waals surface area contributed by atoms with Crippen LogP contribution in [0.4, 0.5) is 0 Å². The van der Waals surface area contributed by atoms with Gasteiger partial charge in [-0.3, -0.25) is 9.97 Å². The second-order valence-corrected chi connectivity index (χ2v) is 4.83. The third kappa shape index (κ3) is 2.94. The van der Waals surface area contributed by atoms with E-state index in [0.29, 0.717) is 28.7 Å². The van der Waals surface area contributed by atoms with Crippen molar-refractivity contribution >= 4 is 22.5 Å². The van der Waals surface area contributed by atoms with Gasteiger partial charge in [0.25, 0.3) is 0 Å². The summed E-state index contributed by atoms with van der Waals surface area (Å²) in [6.45, 7) is 0.629. The number of benzene rings is 1. The van der Waals surface area contributed by atoms with Gasteiger partial charge in [-0.05, 0) is 31.3 Å². The predicted molar refractivity (Wildman–Crippen MR) is 81.6 cm³/mol. The van der Waals surface area contributed by atoms with Crippen molar-refractivity contribution in [2.24, 2.45) is 0 Å². The number of nitrogens with one attached hydrogen (secondary N) is 1. The lowest BCUT2D eigenvalue weighted by Gasteiger charge is -2.09. The molecule has 0 bridgehead atoms. The van der Waals surface area contributed by atoms with Crippen molar-refractivity contribution in [3.8, 4) is 11.6 Å². The maximum absolute atomic E-state index is 6.17. The summed E-state index contributed by atoms with van der Waals surface area (Å²) in [7, 11) is 1.85. The van der Waals surface area contributed by atoms with E-state index in [1.807, 2.05) is 19.2 Å². The first-order valence-corrected chi connectivity index (χ1v) is 6.82. The lowest BCUT2D eigenvalue weighted by molar-refractivity contribution is 0.461. The van der Waals surface area contributed by atoms with E-state index in [1.165, 1.54) is 0 Å². The highest BCUT2D eigenvalue weighted by Gasteiger charge is 2.09. The fraction of sp³-hybridized carbons (Fsp3) is 0.133. The summed E-state index contributed by atoms with van der Waals surface area (Å²) in [5, 5.41) is 4.51. The Bertz CT molecular complexity index is 778. The average molecular weight is 301 g/mol. The molecule has 21 heavy (non-hydrogen) atoms. The number of ether oxygens (including phenoxy) is 1. The van der Waals surface area contributed by atoms with Crippen LogP contribution in [0.3, 0.4) is 0 Å². The zero-order valence-corrected chi connectivity index (χ0v) is 12.1. The summed E-state index contributed by atoms with van der Waals surface area (Å²) in [6, 6.07) is 7.31. The zero-order valence-electron chi connectivity index (χ0n) is 11.4. The summed E-state index contributed by atoms with van der Waals surface area (Å²) in [5.41, 5.74) is 1.51. The molecule has 3 aromatic rings. The minimum Gasteiger partial charge on any atom is -0.435 e. The smallest absolute Gasteiger partial charge is 0.238 e. The molecule has 3 rings (SSSR count). The van der Waals surface area contributed by atoms with Gasteiger partial charge in [0.15, 0.2) is 5.75 Å². The van der Waals surface area contributed by atoms with E-state index in [9.17, 15) is 0 Å². The van der Waals surface area contributed by atoms with E-state index < -0.39 is 0 Å². The molecular formula is C15H13ClN4O. The molecule has 0 saturated carbocycles. The number of hydrogen-bond donors (Lipinski definition) is 1. The van der Waals surface area contributed by atoms with Gasteiger partial charge in [-0.2, -0.15) is 0 Å². The predicted octanol–water partition coefficient (Wildman–Crippen LogP) is 3.19. The summed E-state index contributed by atoms with van der Waals surface area (Å²) in [6.07, 6.45) is 4.97. The third-order valence-electron chi connectivity index (χ3n) is 2.91. The van der Waals surface area contributed by atoms with Crippen LogP contribution in [0.5, 0.6) is 11.6 Å². The molecular weight excluding hydrogens is 288 g/mol. The molecule has 0 spiro atoms. The minimum atomic E-state index is 0.428.